The number of aromatic amines is 1. The maximum atomic E-state index is 12.4. The predicted octanol–water partition coefficient (Wildman–Crippen LogP) is 1.42. The van der Waals surface area contributed by atoms with Gasteiger partial charge in [0.15, 0.2) is 5.82 Å². The van der Waals surface area contributed by atoms with Crippen LogP contribution in [0.4, 0.5) is 5.82 Å². The zero-order chi connectivity index (χ0) is 16.2. The number of carbonyl (C=O) groups is 1. The maximum absolute atomic E-state index is 12.4. The van der Waals surface area contributed by atoms with Gasteiger partial charge in [-0.05, 0) is 13.3 Å². The van der Waals surface area contributed by atoms with Crippen molar-refractivity contribution < 1.29 is 14.1 Å². The Bertz CT molecular complexity index is 660. The molecule has 0 aliphatic carbocycles. The van der Waals surface area contributed by atoms with E-state index in [1.54, 1.807) is 12.3 Å². The summed E-state index contributed by atoms with van der Waals surface area (Å²) in [6, 6.07) is 1.48. The standard InChI is InChI=1S/C15H21N5O3/c1-3-11(14-16-9-10(2)17-14)18-15(21)12-8-13(19-23-12)20-4-6-22-7-5-20/h8-9,11H,3-7H2,1-2H3,(H,16,17)(H,18,21). The number of morpholine rings is 1. The number of H-pyrrole nitrogens is 1. The molecule has 0 radical (unpaired) electrons. The van der Waals surface area contributed by atoms with Gasteiger partial charge in [0.2, 0.25) is 5.76 Å². The first-order valence-electron chi connectivity index (χ1n) is 7.79. The van der Waals surface area contributed by atoms with E-state index in [1.165, 1.54) is 0 Å². The largest absolute Gasteiger partial charge is 0.378 e. The number of hydrogen-bond acceptors (Lipinski definition) is 6. The minimum Gasteiger partial charge on any atom is -0.378 e. The molecule has 0 bridgehead atoms. The van der Waals surface area contributed by atoms with Crippen molar-refractivity contribution in [2.45, 2.75) is 26.3 Å². The molecule has 1 aliphatic rings. The normalized spacial score (nSPS) is 16.3. The van der Waals surface area contributed by atoms with Crippen LogP contribution in [0.3, 0.4) is 0 Å². The first-order chi connectivity index (χ1) is 11.2. The van der Waals surface area contributed by atoms with E-state index in [9.17, 15) is 4.79 Å². The molecule has 124 valence electrons. The summed E-state index contributed by atoms with van der Waals surface area (Å²) < 4.78 is 10.5. The molecule has 3 rings (SSSR count). The van der Waals surface area contributed by atoms with Gasteiger partial charge in [-0.25, -0.2) is 4.98 Å². The number of nitrogens with one attached hydrogen (secondary N) is 2. The summed E-state index contributed by atoms with van der Waals surface area (Å²) in [4.78, 5) is 21.8. The van der Waals surface area contributed by atoms with Gasteiger partial charge in [0.1, 0.15) is 5.82 Å². The first kappa shape index (κ1) is 15.5. The SMILES string of the molecule is CCC(NC(=O)c1cc(N2CCOCC2)no1)c1ncc(C)[nH]1. The van der Waals surface area contributed by atoms with Crippen molar-refractivity contribution in [2.75, 3.05) is 31.2 Å². The lowest BCUT2D eigenvalue weighted by Gasteiger charge is -2.25. The number of aromatic nitrogens is 3. The highest BCUT2D eigenvalue weighted by molar-refractivity contribution is 5.92. The number of anilines is 1. The van der Waals surface area contributed by atoms with E-state index >= 15 is 0 Å². The zero-order valence-corrected chi connectivity index (χ0v) is 13.3. The maximum Gasteiger partial charge on any atom is 0.290 e. The minimum atomic E-state index is -0.294. The monoisotopic (exact) mass is 319 g/mol. The lowest BCUT2D eigenvalue weighted by molar-refractivity contribution is 0.0896. The highest BCUT2D eigenvalue weighted by Gasteiger charge is 2.22. The van der Waals surface area contributed by atoms with Crippen LogP contribution >= 0.6 is 0 Å². The second kappa shape index (κ2) is 6.82. The minimum absolute atomic E-state index is 0.187. The number of carbonyl (C=O) groups excluding carboxylic acids is 1. The average Bonchev–Trinajstić information content (AvgIpc) is 3.22. The van der Waals surface area contributed by atoms with Crippen LogP contribution in [-0.2, 0) is 4.74 Å². The average molecular weight is 319 g/mol. The van der Waals surface area contributed by atoms with E-state index in [0.29, 0.717) is 19.0 Å². The molecule has 3 heterocycles. The molecule has 8 nitrogen and oxygen atoms in total. The highest BCUT2D eigenvalue weighted by atomic mass is 16.5. The molecule has 2 aromatic heterocycles. The number of amides is 1. The van der Waals surface area contributed by atoms with Crippen LogP contribution in [0.15, 0.2) is 16.8 Å². The summed E-state index contributed by atoms with van der Waals surface area (Å²) in [5.74, 6) is 1.32. The van der Waals surface area contributed by atoms with Crippen molar-refractivity contribution in [3.63, 3.8) is 0 Å². The lowest BCUT2D eigenvalue weighted by Crippen LogP contribution is -2.36. The summed E-state index contributed by atoms with van der Waals surface area (Å²) in [6.45, 7) is 6.72. The summed E-state index contributed by atoms with van der Waals surface area (Å²) in [6.07, 6.45) is 2.47. The molecular formula is C15H21N5O3. The van der Waals surface area contributed by atoms with E-state index in [2.05, 4.69) is 20.4 Å². The highest BCUT2D eigenvalue weighted by Crippen LogP contribution is 2.18. The molecule has 1 saturated heterocycles. The van der Waals surface area contributed by atoms with Gasteiger partial charge in [-0.2, -0.15) is 0 Å². The van der Waals surface area contributed by atoms with Crippen molar-refractivity contribution >= 4 is 11.7 Å². The van der Waals surface area contributed by atoms with Crippen LogP contribution in [0.5, 0.6) is 0 Å². The summed E-state index contributed by atoms with van der Waals surface area (Å²) >= 11 is 0. The van der Waals surface area contributed by atoms with Gasteiger partial charge in [0.25, 0.3) is 5.91 Å². The molecular weight excluding hydrogens is 298 g/mol. The van der Waals surface area contributed by atoms with Crippen molar-refractivity contribution in [1.29, 1.82) is 0 Å². The van der Waals surface area contributed by atoms with E-state index in [4.69, 9.17) is 9.26 Å². The fraction of sp³-hybridized carbons (Fsp3) is 0.533. The topological polar surface area (TPSA) is 96.3 Å². The Labute approximate surface area is 134 Å². The Morgan fingerprint density at radius 1 is 1.48 bits per heavy atom. The Balaban J connectivity index is 1.66. The third-order valence-electron chi connectivity index (χ3n) is 3.82. The van der Waals surface area contributed by atoms with E-state index in [-0.39, 0.29) is 17.7 Å². The van der Waals surface area contributed by atoms with Gasteiger partial charge in [0, 0.05) is 31.0 Å². The van der Waals surface area contributed by atoms with Crippen molar-refractivity contribution in [3.05, 3.63) is 29.5 Å². The summed E-state index contributed by atoms with van der Waals surface area (Å²) in [5.41, 5.74) is 0.960. The van der Waals surface area contributed by atoms with Crippen molar-refractivity contribution in [2.24, 2.45) is 0 Å². The predicted molar refractivity (Wildman–Crippen MR) is 83.4 cm³/mol. The molecule has 1 atom stereocenters. The Hall–Kier alpha value is -2.35. The number of imidazole rings is 1. The Kier molecular flexibility index (Phi) is 4.61. The van der Waals surface area contributed by atoms with Crippen molar-refractivity contribution in [1.82, 2.24) is 20.4 Å². The Morgan fingerprint density at radius 3 is 2.91 bits per heavy atom. The van der Waals surface area contributed by atoms with Crippen LogP contribution < -0.4 is 10.2 Å². The van der Waals surface area contributed by atoms with Gasteiger partial charge < -0.3 is 24.5 Å². The van der Waals surface area contributed by atoms with Crippen LogP contribution in [0, 0.1) is 6.92 Å². The fourth-order valence-corrected chi connectivity index (χ4v) is 2.52. The molecule has 0 aromatic carbocycles. The van der Waals surface area contributed by atoms with Crippen LogP contribution in [-0.4, -0.2) is 47.3 Å². The van der Waals surface area contributed by atoms with Gasteiger partial charge >= 0.3 is 0 Å². The lowest BCUT2D eigenvalue weighted by atomic mass is 10.2. The number of nitrogens with zero attached hydrogens (tertiary/aromatic N) is 3. The van der Waals surface area contributed by atoms with E-state index in [1.807, 2.05) is 18.7 Å². The van der Waals surface area contributed by atoms with Gasteiger partial charge in [-0.1, -0.05) is 12.1 Å². The second-order valence-electron chi connectivity index (χ2n) is 5.53. The molecule has 1 fully saturated rings. The molecule has 2 aromatic rings. The van der Waals surface area contributed by atoms with Crippen LogP contribution in [0.1, 0.15) is 41.5 Å². The molecule has 1 aliphatic heterocycles. The van der Waals surface area contributed by atoms with Gasteiger partial charge in [-0.3, -0.25) is 4.79 Å². The molecule has 0 saturated carbocycles. The molecule has 0 spiro atoms. The van der Waals surface area contributed by atoms with Gasteiger partial charge in [-0.15, -0.1) is 0 Å². The number of rotatable bonds is 5. The molecule has 23 heavy (non-hydrogen) atoms. The van der Waals surface area contributed by atoms with E-state index in [0.717, 1.165) is 31.0 Å². The van der Waals surface area contributed by atoms with E-state index < -0.39 is 0 Å². The first-order valence-corrected chi connectivity index (χ1v) is 7.79. The van der Waals surface area contributed by atoms with Crippen molar-refractivity contribution in [3.8, 4) is 0 Å². The number of aryl methyl sites for hydroxylation is 1. The number of hydrogen-bond donors (Lipinski definition) is 2. The molecule has 1 amide bonds. The van der Waals surface area contributed by atoms with Gasteiger partial charge in [0.05, 0.1) is 19.3 Å². The van der Waals surface area contributed by atoms with Crippen LogP contribution in [0.25, 0.3) is 0 Å². The fourth-order valence-electron chi connectivity index (χ4n) is 2.52. The third-order valence-corrected chi connectivity index (χ3v) is 3.82. The number of ether oxygens (including phenoxy) is 1. The molecule has 1 unspecified atom stereocenters. The summed E-state index contributed by atoms with van der Waals surface area (Å²) in [5, 5.41) is 6.90. The second-order valence-corrected chi connectivity index (χ2v) is 5.53. The Morgan fingerprint density at radius 2 is 2.26 bits per heavy atom. The smallest absolute Gasteiger partial charge is 0.290 e. The summed E-state index contributed by atoms with van der Waals surface area (Å²) in [7, 11) is 0. The molecule has 2 N–H and O–H groups in total. The quantitative estimate of drug-likeness (QED) is 0.865. The molecule has 8 heteroatoms. The third kappa shape index (κ3) is 3.53. The van der Waals surface area contributed by atoms with Crippen LogP contribution in [0.2, 0.25) is 0 Å². The zero-order valence-electron chi connectivity index (χ0n) is 13.3.